The smallest absolute Gasteiger partial charge is 0.314 e. The number of rotatable bonds is 9. The largest absolute Gasteiger partial charge is 0.465 e. The van der Waals surface area contributed by atoms with E-state index in [1.807, 2.05) is 34.6 Å². The lowest BCUT2D eigenvalue weighted by molar-refractivity contribution is -0.318. The normalized spacial score (nSPS) is 46.4. The van der Waals surface area contributed by atoms with E-state index in [-0.39, 0.29) is 71.8 Å². The third-order valence-electron chi connectivity index (χ3n) is 12.3. The minimum atomic E-state index is -1.72. The molecule has 0 radical (unpaired) electrons. The summed E-state index contributed by atoms with van der Waals surface area (Å²) in [6.07, 6.45) is 5.81. The summed E-state index contributed by atoms with van der Waals surface area (Å²) in [6, 6.07) is 0. The molecule has 43 heavy (non-hydrogen) atoms. The van der Waals surface area contributed by atoms with Crippen molar-refractivity contribution in [1.82, 2.24) is 0 Å². The second-order valence-electron chi connectivity index (χ2n) is 15.5. The van der Waals surface area contributed by atoms with Crippen LogP contribution in [0, 0.1) is 58.7 Å². The standard InChI is InChI=1S/C35H58O8/c1-9-28(37)22(5)31-19(2)14-21(4)35(41,43-31)23(6)32(39)42-18-20(3)25-10-12-33(7)16-26-24(17-36)15-29(38)30(26)34(8,40)13-11-27(25)33/h11,19-26,29-31,36,38,40-41H,9-10,12-18H2,1-8H3/b27-11-/t19-,20+,21-,22-,23-,24+,25-,26-,29-,30+,31+,33-,34+,35-/m1/s1. The number of allylic oxidation sites excluding steroid dienone is 1. The number of ether oxygens (including phenoxy) is 2. The van der Waals surface area contributed by atoms with Gasteiger partial charge in [0.05, 0.1) is 24.4 Å². The Morgan fingerprint density at radius 2 is 1.81 bits per heavy atom. The van der Waals surface area contributed by atoms with Crippen molar-refractivity contribution in [3.05, 3.63) is 11.6 Å². The van der Waals surface area contributed by atoms with Crippen LogP contribution >= 0.6 is 0 Å². The lowest BCUT2D eigenvalue weighted by Crippen LogP contribution is -2.57. The minimum absolute atomic E-state index is 0.0135. The molecule has 0 spiro atoms. The molecular formula is C35H58O8. The molecule has 2 saturated carbocycles. The first-order chi connectivity index (χ1) is 20.0. The van der Waals surface area contributed by atoms with Crippen molar-refractivity contribution in [3.8, 4) is 0 Å². The van der Waals surface area contributed by atoms with Crippen LogP contribution in [0.3, 0.4) is 0 Å². The molecule has 3 aliphatic carbocycles. The number of hydrogen-bond acceptors (Lipinski definition) is 8. The van der Waals surface area contributed by atoms with Gasteiger partial charge in [-0.05, 0) is 87.4 Å². The van der Waals surface area contributed by atoms with Crippen molar-refractivity contribution in [2.24, 2.45) is 58.7 Å². The predicted molar refractivity (Wildman–Crippen MR) is 163 cm³/mol. The average molecular weight is 607 g/mol. The van der Waals surface area contributed by atoms with Crippen molar-refractivity contribution in [1.29, 1.82) is 0 Å². The first kappa shape index (κ1) is 34.6. The van der Waals surface area contributed by atoms with Gasteiger partial charge in [-0.25, -0.2) is 0 Å². The second kappa shape index (κ2) is 12.8. The molecule has 0 unspecified atom stereocenters. The van der Waals surface area contributed by atoms with Crippen molar-refractivity contribution in [2.45, 2.75) is 124 Å². The van der Waals surface area contributed by atoms with E-state index >= 15 is 0 Å². The number of hydrogen-bond donors (Lipinski definition) is 4. The third kappa shape index (κ3) is 6.38. The van der Waals surface area contributed by atoms with Crippen LogP contribution in [-0.2, 0) is 19.1 Å². The second-order valence-corrected chi connectivity index (χ2v) is 15.5. The van der Waals surface area contributed by atoms with Crippen LogP contribution in [0.2, 0.25) is 0 Å². The third-order valence-corrected chi connectivity index (χ3v) is 12.3. The number of carbonyl (C=O) groups excluding carboxylic acids is 2. The van der Waals surface area contributed by atoms with Crippen molar-refractivity contribution in [2.75, 3.05) is 13.2 Å². The Morgan fingerprint density at radius 1 is 1.14 bits per heavy atom. The van der Waals surface area contributed by atoms with E-state index in [2.05, 4.69) is 19.9 Å². The minimum Gasteiger partial charge on any atom is -0.465 e. The molecule has 0 aromatic heterocycles. The highest BCUT2D eigenvalue weighted by atomic mass is 16.6. The number of aliphatic hydroxyl groups is 4. The van der Waals surface area contributed by atoms with Crippen LogP contribution < -0.4 is 0 Å². The fourth-order valence-electron chi connectivity index (χ4n) is 9.56. The molecule has 246 valence electrons. The van der Waals surface area contributed by atoms with Gasteiger partial charge in [0.2, 0.25) is 0 Å². The van der Waals surface area contributed by atoms with Crippen LogP contribution in [0.25, 0.3) is 0 Å². The monoisotopic (exact) mass is 606 g/mol. The van der Waals surface area contributed by atoms with E-state index in [0.717, 1.165) is 19.3 Å². The van der Waals surface area contributed by atoms with Gasteiger partial charge in [-0.1, -0.05) is 53.2 Å². The van der Waals surface area contributed by atoms with Crippen molar-refractivity contribution in [3.63, 3.8) is 0 Å². The molecule has 3 fully saturated rings. The van der Waals surface area contributed by atoms with Crippen LogP contribution in [0.15, 0.2) is 11.6 Å². The van der Waals surface area contributed by atoms with E-state index in [9.17, 15) is 30.0 Å². The molecule has 0 bridgehead atoms. The summed E-state index contributed by atoms with van der Waals surface area (Å²) in [4.78, 5) is 25.9. The number of esters is 1. The highest BCUT2D eigenvalue weighted by Gasteiger charge is 2.56. The highest BCUT2D eigenvalue weighted by molar-refractivity contribution is 5.81. The molecule has 4 N–H and O–H groups in total. The zero-order valence-electron chi connectivity index (χ0n) is 27.7. The Kier molecular flexibility index (Phi) is 10.3. The molecule has 4 aliphatic rings. The van der Waals surface area contributed by atoms with Gasteiger partial charge < -0.3 is 29.9 Å². The summed E-state index contributed by atoms with van der Waals surface area (Å²) in [5.41, 5.74) is 0.114. The molecule has 1 heterocycles. The summed E-state index contributed by atoms with van der Waals surface area (Å²) in [5.74, 6) is -3.69. The maximum absolute atomic E-state index is 13.4. The van der Waals surface area contributed by atoms with Crippen molar-refractivity contribution < 1.29 is 39.5 Å². The highest BCUT2D eigenvalue weighted by Crippen LogP contribution is 2.59. The van der Waals surface area contributed by atoms with Gasteiger partial charge >= 0.3 is 5.97 Å². The van der Waals surface area contributed by atoms with Gasteiger partial charge in [0.25, 0.3) is 0 Å². The molecule has 8 nitrogen and oxygen atoms in total. The van der Waals surface area contributed by atoms with E-state index in [0.29, 0.717) is 25.7 Å². The topological polar surface area (TPSA) is 134 Å². The van der Waals surface area contributed by atoms with Crippen LogP contribution in [0.1, 0.15) is 100 Å². The molecule has 4 rings (SSSR count). The summed E-state index contributed by atoms with van der Waals surface area (Å²) < 4.78 is 12.1. The summed E-state index contributed by atoms with van der Waals surface area (Å²) in [5, 5.41) is 44.1. The van der Waals surface area contributed by atoms with Crippen molar-refractivity contribution >= 4 is 11.8 Å². The molecule has 0 aromatic carbocycles. The summed E-state index contributed by atoms with van der Waals surface area (Å²) >= 11 is 0. The van der Waals surface area contributed by atoms with E-state index in [1.165, 1.54) is 5.57 Å². The maximum Gasteiger partial charge on any atom is 0.314 e. The first-order valence-corrected chi connectivity index (χ1v) is 16.8. The van der Waals surface area contributed by atoms with Gasteiger partial charge in [0.1, 0.15) is 11.7 Å². The Labute approximate surface area is 258 Å². The average Bonchev–Trinajstić information content (AvgIpc) is 3.45. The number of fused-ring (bicyclic) bond motifs is 2. The zero-order valence-corrected chi connectivity index (χ0v) is 27.7. The molecule has 1 saturated heterocycles. The number of aliphatic hydroxyl groups excluding tert-OH is 2. The maximum atomic E-state index is 13.4. The molecule has 0 amide bonds. The summed E-state index contributed by atoms with van der Waals surface area (Å²) in [7, 11) is 0. The first-order valence-electron chi connectivity index (χ1n) is 16.8. The Balaban J connectivity index is 1.45. The number of Topliss-reactive ketones (excluding diaryl/α,β-unsaturated/α-hetero) is 1. The van der Waals surface area contributed by atoms with E-state index in [4.69, 9.17) is 9.47 Å². The molecule has 1 aliphatic heterocycles. The molecular weight excluding hydrogens is 548 g/mol. The Morgan fingerprint density at radius 3 is 2.44 bits per heavy atom. The number of ketones is 1. The van der Waals surface area contributed by atoms with Crippen LogP contribution in [0.5, 0.6) is 0 Å². The molecule has 14 atom stereocenters. The number of carbonyl (C=O) groups is 2. The van der Waals surface area contributed by atoms with Gasteiger partial charge in [0, 0.05) is 30.8 Å². The summed E-state index contributed by atoms with van der Waals surface area (Å²) in [6.45, 7) is 15.6. The van der Waals surface area contributed by atoms with E-state index < -0.39 is 35.5 Å². The SMILES string of the molecule is CCC(=O)[C@@H](C)[C@H]1O[C@@](O)([C@H](C)C(=O)OC[C@H](C)[C@H]2CC[C@]3(C)C[C@@H]4[C@H](CO)C[C@@H](O)[C@H]4[C@@](C)(O)C/C=C/23)[C@H](C)C[C@H]1C. The van der Waals surface area contributed by atoms with Crippen LogP contribution in [0.4, 0.5) is 0 Å². The Hall–Kier alpha value is -1.32. The molecule has 8 heteroatoms. The lowest BCUT2D eigenvalue weighted by atomic mass is 9.64. The molecule has 0 aromatic rings. The van der Waals surface area contributed by atoms with Gasteiger partial charge in [0.15, 0.2) is 5.79 Å². The Bertz CT molecular complexity index is 1050. The van der Waals surface area contributed by atoms with E-state index in [1.54, 1.807) is 6.92 Å². The van der Waals surface area contributed by atoms with Gasteiger partial charge in [-0.3, -0.25) is 9.59 Å². The van der Waals surface area contributed by atoms with Gasteiger partial charge in [-0.15, -0.1) is 0 Å². The fourth-order valence-corrected chi connectivity index (χ4v) is 9.56. The zero-order chi connectivity index (χ0) is 32.1. The lowest BCUT2D eigenvalue weighted by Gasteiger charge is -2.48. The predicted octanol–water partition coefficient (Wildman–Crippen LogP) is 4.66. The van der Waals surface area contributed by atoms with Crippen LogP contribution in [-0.4, -0.2) is 69.0 Å². The quantitative estimate of drug-likeness (QED) is 0.220. The van der Waals surface area contributed by atoms with Gasteiger partial charge in [-0.2, -0.15) is 0 Å². The fraction of sp³-hybridized carbons (Fsp3) is 0.886.